The minimum atomic E-state index is 0.617. The molecule has 16 heavy (non-hydrogen) atoms. The predicted molar refractivity (Wildman–Crippen MR) is 69.5 cm³/mol. The molecule has 0 aromatic heterocycles. The molecule has 1 aromatic carbocycles. The van der Waals surface area contributed by atoms with E-state index in [1.165, 1.54) is 5.56 Å². The number of benzene rings is 1. The summed E-state index contributed by atoms with van der Waals surface area (Å²) in [5, 5.41) is 2.96. The molecule has 0 saturated carbocycles. The Morgan fingerprint density at radius 2 is 2.06 bits per heavy atom. The minimum absolute atomic E-state index is 0.617. The molecule has 1 aromatic rings. The third kappa shape index (κ3) is 4.28. The summed E-state index contributed by atoms with van der Waals surface area (Å²) in [7, 11) is 1.87. The molecule has 0 radical (unpaired) electrons. The Morgan fingerprint density at radius 1 is 1.38 bits per heavy atom. The SMILES string of the molecule is CNC/N=C\C(Cc1ccccc1)=C(\C)N. The van der Waals surface area contributed by atoms with Crippen LogP contribution in [0.15, 0.2) is 46.6 Å². The fourth-order valence-electron chi connectivity index (χ4n) is 1.35. The van der Waals surface area contributed by atoms with Gasteiger partial charge in [0.25, 0.3) is 0 Å². The van der Waals surface area contributed by atoms with Gasteiger partial charge in [-0.1, -0.05) is 30.3 Å². The van der Waals surface area contributed by atoms with Crippen molar-refractivity contribution in [1.82, 2.24) is 5.32 Å². The van der Waals surface area contributed by atoms with Gasteiger partial charge in [-0.25, -0.2) is 0 Å². The number of nitrogens with one attached hydrogen (secondary N) is 1. The van der Waals surface area contributed by atoms with E-state index >= 15 is 0 Å². The Hall–Kier alpha value is -1.61. The molecule has 0 aliphatic heterocycles. The van der Waals surface area contributed by atoms with Crippen molar-refractivity contribution in [3.05, 3.63) is 47.2 Å². The summed E-state index contributed by atoms with van der Waals surface area (Å²) in [6.45, 7) is 2.52. The lowest BCUT2D eigenvalue weighted by Gasteiger charge is -2.04. The van der Waals surface area contributed by atoms with Crippen LogP contribution < -0.4 is 11.1 Å². The molecule has 0 unspecified atom stereocenters. The van der Waals surface area contributed by atoms with Crippen LogP contribution in [0.25, 0.3) is 0 Å². The zero-order valence-electron chi connectivity index (χ0n) is 9.90. The lowest BCUT2D eigenvalue weighted by molar-refractivity contribution is 0.837. The molecule has 86 valence electrons. The number of hydrogen-bond donors (Lipinski definition) is 2. The molecule has 0 bridgehead atoms. The lowest BCUT2D eigenvalue weighted by atomic mass is 10.0. The highest BCUT2D eigenvalue weighted by atomic mass is 15.0. The van der Waals surface area contributed by atoms with Gasteiger partial charge in [0.05, 0.1) is 6.67 Å². The minimum Gasteiger partial charge on any atom is -0.402 e. The Morgan fingerprint density at radius 3 is 2.62 bits per heavy atom. The Kier molecular flexibility index (Phi) is 5.29. The van der Waals surface area contributed by atoms with Gasteiger partial charge in [0.2, 0.25) is 0 Å². The van der Waals surface area contributed by atoms with Crippen LogP contribution in [0.2, 0.25) is 0 Å². The van der Waals surface area contributed by atoms with Crippen LogP contribution in [-0.2, 0) is 6.42 Å². The van der Waals surface area contributed by atoms with Gasteiger partial charge in [0.1, 0.15) is 0 Å². The van der Waals surface area contributed by atoms with Crippen LogP contribution >= 0.6 is 0 Å². The van der Waals surface area contributed by atoms with Gasteiger partial charge >= 0.3 is 0 Å². The summed E-state index contributed by atoms with van der Waals surface area (Å²) in [6.07, 6.45) is 2.68. The topological polar surface area (TPSA) is 50.4 Å². The Bertz CT molecular complexity index is 362. The monoisotopic (exact) mass is 217 g/mol. The third-order valence-corrected chi connectivity index (χ3v) is 2.24. The smallest absolute Gasteiger partial charge is 0.0882 e. The summed E-state index contributed by atoms with van der Waals surface area (Å²) in [4.78, 5) is 4.23. The maximum atomic E-state index is 5.83. The summed E-state index contributed by atoms with van der Waals surface area (Å²) in [6, 6.07) is 10.3. The van der Waals surface area contributed by atoms with Crippen LogP contribution in [0.5, 0.6) is 0 Å². The van der Waals surface area contributed by atoms with Crippen molar-refractivity contribution in [1.29, 1.82) is 0 Å². The van der Waals surface area contributed by atoms with E-state index in [0.717, 1.165) is 17.7 Å². The number of rotatable bonds is 5. The molecule has 0 aliphatic rings. The van der Waals surface area contributed by atoms with Gasteiger partial charge < -0.3 is 11.1 Å². The van der Waals surface area contributed by atoms with Crippen molar-refractivity contribution in [2.24, 2.45) is 10.7 Å². The van der Waals surface area contributed by atoms with Crippen LogP contribution in [0.1, 0.15) is 12.5 Å². The van der Waals surface area contributed by atoms with Gasteiger partial charge in [0, 0.05) is 18.3 Å². The lowest BCUT2D eigenvalue weighted by Crippen LogP contribution is -2.07. The first-order chi connectivity index (χ1) is 7.74. The summed E-state index contributed by atoms with van der Waals surface area (Å²) in [5.41, 5.74) is 8.98. The number of nitrogens with two attached hydrogens (primary N) is 1. The fourth-order valence-corrected chi connectivity index (χ4v) is 1.35. The van der Waals surface area contributed by atoms with Crippen LogP contribution in [0.4, 0.5) is 0 Å². The molecule has 0 heterocycles. The maximum absolute atomic E-state index is 5.83. The highest BCUT2D eigenvalue weighted by Crippen LogP contribution is 2.08. The first-order valence-corrected chi connectivity index (χ1v) is 5.37. The number of allylic oxidation sites excluding steroid dienone is 2. The van der Waals surface area contributed by atoms with Crippen molar-refractivity contribution in [2.45, 2.75) is 13.3 Å². The second kappa shape index (κ2) is 6.80. The average molecular weight is 217 g/mol. The summed E-state index contributed by atoms with van der Waals surface area (Å²) < 4.78 is 0. The predicted octanol–water partition coefficient (Wildman–Crippen LogP) is 1.71. The van der Waals surface area contributed by atoms with E-state index in [0.29, 0.717) is 6.67 Å². The van der Waals surface area contributed by atoms with Crippen LogP contribution in [-0.4, -0.2) is 19.9 Å². The van der Waals surface area contributed by atoms with E-state index in [4.69, 9.17) is 5.73 Å². The van der Waals surface area contributed by atoms with E-state index in [-0.39, 0.29) is 0 Å². The largest absolute Gasteiger partial charge is 0.402 e. The van der Waals surface area contributed by atoms with Gasteiger partial charge in [0.15, 0.2) is 0 Å². The van der Waals surface area contributed by atoms with E-state index in [1.54, 1.807) is 0 Å². The van der Waals surface area contributed by atoms with Gasteiger partial charge in [-0.05, 0) is 25.1 Å². The molecular weight excluding hydrogens is 198 g/mol. The molecule has 0 aliphatic carbocycles. The van der Waals surface area contributed by atoms with Gasteiger partial charge in [-0.2, -0.15) is 0 Å². The Balaban J connectivity index is 2.71. The first-order valence-electron chi connectivity index (χ1n) is 5.37. The van der Waals surface area contributed by atoms with Crippen molar-refractivity contribution >= 4 is 6.21 Å². The van der Waals surface area contributed by atoms with Crippen molar-refractivity contribution in [3.63, 3.8) is 0 Å². The maximum Gasteiger partial charge on any atom is 0.0882 e. The fraction of sp³-hybridized carbons (Fsp3) is 0.308. The van der Waals surface area contributed by atoms with Crippen molar-refractivity contribution < 1.29 is 0 Å². The molecule has 3 nitrogen and oxygen atoms in total. The molecule has 3 N–H and O–H groups in total. The molecular formula is C13H19N3. The Labute approximate surface area is 97.1 Å². The first kappa shape index (κ1) is 12.5. The second-order valence-corrected chi connectivity index (χ2v) is 3.69. The van der Waals surface area contributed by atoms with Crippen molar-refractivity contribution in [3.8, 4) is 0 Å². The second-order valence-electron chi connectivity index (χ2n) is 3.69. The molecule has 0 atom stereocenters. The van der Waals surface area contributed by atoms with Crippen LogP contribution in [0.3, 0.4) is 0 Å². The van der Waals surface area contributed by atoms with E-state index < -0.39 is 0 Å². The highest BCUT2D eigenvalue weighted by molar-refractivity contribution is 5.80. The highest BCUT2D eigenvalue weighted by Gasteiger charge is 1.99. The molecule has 3 heteroatoms. The number of nitrogens with zero attached hydrogens (tertiary/aromatic N) is 1. The summed E-state index contributed by atoms with van der Waals surface area (Å²) in [5.74, 6) is 0. The number of aliphatic imine (C=N–C) groups is 1. The molecule has 0 saturated heterocycles. The summed E-state index contributed by atoms with van der Waals surface area (Å²) >= 11 is 0. The normalized spacial score (nSPS) is 12.9. The van der Waals surface area contributed by atoms with Gasteiger partial charge in [-0.3, -0.25) is 4.99 Å². The van der Waals surface area contributed by atoms with E-state index in [2.05, 4.69) is 22.4 Å². The van der Waals surface area contributed by atoms with E-state index in [9.17, 15) is 0 Å². The zero-order valence-corrected chi connectivity index (χ0v) is 9.90. The standard InChI is InChI=1S/C13H19N3/c1-11(14)13(9-16-10-15-2)8-12-6-4-3-5-7-12/h3-7,9,15H,8,10,14H2,1-2H3/b13-11-,16-9-. The van der Waals surface area contributed by atoms with E-state index in [1.807, 2.05) is 38.4 Å². The zero-order chi connectivity index (χ0) is 11.8. The molecule has 0 fully saturated rings. The number of hydrogen-bond acceptors (Lipinski definition) is 3. The van der Waals surface area contributed by atoms with Crippen LogP contribution in [0, 0.1) is 0 Å². The molecule has 0 spiro atoms. The van der Waals surface area contributed by atoms with Crippen molar-refractivity contribution in [2.75, 3.05) is 13.7 Å². The average Bonchev–Trinajstić information content (AvgIpc) is 2.29. The molecule has 0 amide bonds. The third-order valence-electron chi connectivity index (χ3n) is 2.24. The quantitative estimate of drug-likeness (QED) is 0.738. The van der Waals surface area contributed by atoms with Gasteiger partial charge in [-0.15, -0.1) is 0 Å². The molecule has 1 rings (SSSR count).